The van der Waals surface area contributed by atoms with Gasteiger partial charge in [-0.25, -0.2) is 0 Å². The van der Waals surface area contributed by atoms with E-state index in [1.54, 1.807) is 36.7 Å². The summed E-state index contributed by atoms with van der Waals surface area (Å²) in [6.07, 6.45) is 3.40. The van der Waals surface area contributed by atoms with Crippen LogP contribution in [0.25, 0.3) is 21.8 Å². The molecule has 3 heterocycles. The third-order valence-corrected chi connectivity index (χ3v) is 5.75. The largest absolute Gasteiger partial charge is 0.392 e. The third-order valence-electron chi connectivity index (χ3n) is 5.75. The molecule has 0 aliphatic carbocycles. The van der Waals surface area contributed by atoms with Crippen LogP contribution in [0.15, 0.2) is 97.3 Å². The molecule has 0 radical (unpaired) electrons. The van der Waals surface area contributed by atoms with Gasteiger partial charge < -0.3 is 5.11 Å². The predicted octanol–water partition coefficient (Wildman–Crippen LogP) is 4.69. The number of nitrogens with zero attached hydrogens (tertiary/aromatic N) is 3. The van der Waals surface area contributed by atoms with E-state index in [2.05, 4.69) is 9.97 Å². The van der Waals surface area contributed by atoms with Crippen molar-refractivity contribution in [3.05, 3.63) is 120 Å². The second kappa shape index (κ2) is 9.80. The van der Waals surface area contributed by atoms with E-state index in [1.165, 1.54) is 0 Å². The Kier molecular flexibility index (Phi) is 6.26. The maximum Gasteiger partial charge on any atom is 0.285 e. The summed E-state index contributed by atoms with van der Waals surface area (Å²) in [5, 5.41) is 11.8. The number of hydroxylamine groups is 2. The van der Waals surface area contributed by atoms with Crippen molar-refractivity contribution in [2.75, 3.05) is 0 Å². The summed E-state index contributed by atoms with van der Waals surface area (Å²) in [4.78, 5) is 38.5. The normalized spacial score (nSPS) is 12.5. The maximum absolute atomic E-state index is 12.3. The molecule has 7 nitrogen and oxygen atoms in total. The topological polar surface area (TPSA) is 92.6 Å². The number of aliphatic hydroxyl groups excluding tert-OH is 1. The van der Waals surface area contributed by atoms with Crippen molar-refractivity contribution in [3.8, 4) is 0 Å². The zero-order valence-corrected chi connectivity index (χ0v) is 18.7. The fourth-order valence-corrected chi connectivity index (χ4v) is 3.99. The van der Waals surface area contributed by atoms with Crippen LogP contribution in [0.1, 0.15) is 31.8 Å². The highest BCUT2D eigenvalue weighted by Gasteiger charge is 2.36. The number of carbonyl (C=O) groups is 2. The molecule has 2 amide bonds. The molecule has 0 atom stereocenters. The number of pyridine rings is 2. The molecule has 0 bridgehead atoms. The van der Waals surface area contributed by atoms with E-state index in [4.69, 9.17) is 9.94 Å². The Labute approximate surface area is 201 Å². The lowest BCUT2D eigenvalue weighted by atomic mass is 10.1. The van der Waals surface area contributed by atoms with Gasteiger partial charge in [0.1, 0.15) is 6.61 Å². The van der Waals surface area contributed by atoms with E-state index in [0.717, 1.165) is 38.0 Å². The van der Waals surface area contributed by atoms with E-state index in [-0.39, 0.29) is 13.2 Å². The number of imide groups is 1. The first-order chi connectivity index (χ1) is 17.2. The predicted molar refractivity (Wildman–Crippen MR) is 131 cm³/mol. The number of rotatable bonds is 4. The Morgan fingerprint density at radius 3 is 1.71 bits per heavy atom. The second-order valence-electron chi connectivity index (χ2n) is 7.86. The van der Waals surface area contributed by atoms with E-state index >= 15 is 0 Å². The first kappa shape index (κ1) is 22.3. The van der Waals surface area contributed by atoms with Crippen LogP contribution in [-0.2, 0) is 18.1 Å². The molecule has 1 aliphatic rings. The summed E-state index contributed by atoms with van der Waals surface area (Å²) in [6.45, 7) is 0.192. The number of amides is 2. The number of benzene rings is 3. The molecule has 7 heteroatoms. The highest BCUT2D eigenvalue weighted by molar-refractivity contribution is 6.20. The van der Waals surface area contributed by atoms with Crippen LogP contribution in [0.2, 0.25) is 0 Å². The highest BCUT2D eigenvalue weighted by atomic mass is 16.7. The van der Waals surface area contributed by atoms with Gasteiger partial charge in [-0.1, -0.05) is 48.5 Å². The van der Waals surface area contributed by atoms with E-state index in [1.807, 2.05) is 60.7 Å². The lowest BCUT2D eigenvalue weighted by Gasteiger charge is -2.14. The summed E-state index contributed by atoms with van der Waals surface area (Å²) in [5.74, 6) is -0.854. The third kappa shape index (κ3) is 4.38. The minimum Gasteiger partial charge on any atom is -0.392 e. The minimum absolute atomic E-state index is 0.0725. The summed E-state index contributed by atoms with van der Waals surface area (Å²) in [6, 6.07) is 25.8. The molecule has 2 aromatic heterocycles. The number of hydrogen-bond donors (Lipinski definition) is 1. The standard InChI is InChI=1S/C18H12N2O3.C10H9NO/c21-17-14-6-1-2-7-15(14)18(22)20(17)23-11-12-9-10-19-16-8-4-3-5-13(12)16;12-7-8-5-6-11-10-4-2-1-3-9(8)10/h1-10H,11H2;1-6,12H,7H2. The summed E-state index contributed by atoms with van der Waals surface area (Å²) < 4.78 is 0. The molecule has 0 fully saturated rings. The Morgan fingerprint density at radius 2 is 1.14 bits per heavy atom. The van der Waals surface area contributed by atoms with Gasteiger partial charge in [-0.05, 0) is 47.5 Å². The van der Waals surface area contributed by atoms with Crippen molar-refractivity contribution in [2.45, 2.75) is 13.2 Å². The molecule has 0 saturated heterocycles. The van der Waals surface area contributed by atoms with Crippen molar-refractivity contribution in [2.24, 2.45) is 0 Å². The first-order valence-electron chi connectivity index (χ1n) is 11.0. The number of para-hydroxylation sites is 2. The molecule has 0 saturated carbocycles. The molecular formula is C28H21N3O4. The molecule has 3 aromatic carbocycles. The Morgan fingerprint density at radius 1 is 0.657 bits per heavy atom. The van der Waals surface area contributed by atoms with Gasteiger partial charge in [0.2, 0.25) is 0 Å². The molecule has 172 valence electrons. The van der Waals surface area contributed by atoms with Gasteiger partial charge in [-0.3, -0.25) is 24.4 Å². The lowest BCUT2D eigenvalue weighted by molar-refractivity contribution is -0.100. The summed E-state index contributed by atoms with van der Waals surface area (Å²) in [7, 11) is 0. The number of hydrogen-bond acceptors (Lipinski definition) is 6. The van der Waals surface area contributed by atoms with E-state index < -0.39 is 11.8 Å². The fraction of sp³-hybridized carbons (Fsp3) is 0.0714. The molecule has 5 aromatic rings. The Balaban J connectivity index is 0.000000178. The Hall–Kier alpha value is -4.46. The van der Waals surface area contributed by atoms with Crippen molar-refractivity contribution in [3.63, 3.8) is 0 Å². The number of carbonyl (C=O) groups excluding carboxylic acids is 2. The van der Waals surface area contributed by atoms with Crippen LogP contribution in [0.3, 0.4) is 0 Å². The molecule has 0 spiro atoms. The average Bonchev–Trinajstić information content (AvgIpc) is 3.16. The zero-order valence-electron chi connectivity index (χ0n) is 18.7. The van der Waals surface area contributed by atoms with Crippen LogP contribution in [0.4, 0.5) is 0 Å². The first-order valence-corrected chi connectivity index (χ1v) is 11.0. The van der Waals surface area contributed by atoms with Gasteiger partial charge in [-0.15, -0.1) is 5.06 Å². The molecule has 1 N–H and O–H groups in total. The zero-order chi connectivity index (χ0) is 24.2. The van der Waals surface area contributed by atoms with Crippen molar-refractivity contribution >= 4 is 33.6 Å². The van der Waals surface area contributed by atoms with Gasteiger partial charge >= 0.3 is 0 Å². The molecule has 35 heavy (non-hydrogen) atoms. The van der Waals surface area contributed by atoms with Gasteiger partial charge in [0.05, 0.1) is 28.8 Å². The van der Waals surface area contributed by atoms with Gasteiger partial charge in [-0.2, -0.15) is 0 Å². The van der Waals surface area contributed by atoms with Crippen LogP contribution < -0.4 is 0 Å². The monoisotopic (exact) mass is 463 g/mol. The van der Waals surface area contributed by atoms with E-state index in [9.17, 15) is 9.59 Å². The number of aliphatic hydroxyl groups is 1. The summed E-state index contributed by atoms with van der Waals surface area (Å²) in [5.41, 5.74) is 4.32. The van der Waals surface area contributed by atoms with Crippen LogP contribution in [-0.4, -0.2) is 32.0 Å². The van der Waals surface area contributed by atoms with Crippen molar-refractivity contribution in [1.82, 2.24) is 15.0 Å². The van der Waals surface area contributed by atoms with Gasteiger partial charge in [0.25, 0.3) is 11.8 Å². The second-order valence-corrected chi connectivity index (χ2v) is 7.86. The lowest BCUT2D eigenvalue weighted by Crippen LogP contribution is -2.29. The quantitative estimate of drug-likeness (QED) is 0.389. The SMILES string of the molecule is O=C1c2ccccc2C(=O)N1OCc1ccnc2ccccc12.OCc1ccnc2ccccc12. The van der Waals surface area contributed by atoms with Crippen molar-refractivity contribution < 1.29 is 19.5 Å². The number of aromatic nitrogens is 2. The maximum atomic E-state index is 12.3. The van der Waals surface area contributed by atoms with Gasteiger partial charge in [0.15, 0.2) is 0 Å². The highest BCUT2D eigenvalue weighted by Crippen LogP contribution is 2.24. The fourth-order valence-electron chi connectivity index (χ4n) is 3.99. The minimum atomic E-state index is -0.427. The smallest absolute Gasteiger partial charge is 0.285 e. The van der Waals surface area contributed by atoms with E-state index in [0.29, 0.717) is 11.1 Å². The van der Waals surface area contributed by atoms with Crippen LogP contribution >= 0.6 is 0 Å². The molecule has 1 aliphatic heterocycles. The average molecular weight is 463 g/mol. The summed E-state index contributed by atoms with van der Waals surface area (Å²) >= 11 is 0. The van der Waals surface area contributed by atoms with Crippen LogP contribution in [0.5, 0.6) is 0 Å². The Bertz CT molecular complexity index is 1500. The van der Waals surface area contributed by atoms with Crippen LogP contribution in [0, 0.1) is 0 Å². The molecular weight excluding hydrogens is 442 g/mol. The molecule has 0 unspecified atom stereocenters. The number of fused-ring (bicyclic) bond motifs is 3. The molecule has 6 rings (SSSR count). The van der Waals surface area contributed by atoms with Crippen molar-refractivity contribution in [1.29, 1.82) is 0 Å². The van der Waals surface area contributed by atoms with Gasteiger partial charge in [0, 0.05) is 23.2 Å².